The van der Waals surface area contributed by atoms with Gasteiger partial charge in [-0.3, -0.25) is 9.59 Å². The maximum Gasteiger partial charge on any atom is 0.251 e. The maximum absolute atomic E-state index is 12.9. The van der Waals surface area contributed by atoms with Crippen molar-refractivity contribution in [2.45, 2.75) is 31.7 Å². The highest BCUT2D eigenvalue weighted by atomic mass is 16.5. The Hall–Kier alpha value is -2.82. The summed E-state index contributed by atoms with van der Waals surface area (Å²) in [6.45, 7) is 0.723. The highest BCUT2D eigenvalue weighted by Crippen LogP contribution is 2.41. The Morgan fingerprint density at radius 1 is 1.19 bits per heavy atom. The molecule has 1 N–H and O–H groups in total. The molecule has 5 nitrogen and oxygen atoms in total. The van der Waals surface area contributed by atoms with Crippen molar-refractivity contribution in [1.29, 1.82) is 0 Å². The molecule has 1 heterocycles. The molecule has 1 saturated heterocycles. The quantitative estimate of drug-likeness (QED) is 0.850. The minimum Gasteiger partial charge on any atom is -0.497 e. The van der Waals surface area contributed by atoms with Gasteiger partial charge in [-0.25, -0.2) is 0 Å². The van der Waals surface area contributed by atoms with Crippen LogP contribution in [0.25, 0.3) is 0 Å². The van der Waals surface area contributed by atoms with Crippen molar-refractivity contribution < 1.29 is 14.3 Å². The molecule has 0 radical (unpaired) electrons. The summed E-state index contributed by atoms with van der Waals surface area (Å²) in [5.41, 5.74) is 2.49. The number of anilines is 1. The van der Waals surface area contributed by atoms with Gasteiger partial charge in [0.1, 0.15) is 5.75 Å². The van der Waals surface area contributed by atoms with Crippen molar-refractivity contribution in [2.24, 2.45) is 5.92 Å². The first-order chi connectivity index (χ1) is 13.2. The van der Waals surface area contributed by atoms with E-state index in [-0.39, 0.29) is 17.9 Å². The monoisotopic (exact) mass is 364 g/mol. The van der Waals surface area contributed by atoms with Crippen LogP contribution in [-0.4, -0.2) is 25.5 Å². The Balaban J connectivity index is 1.52. The first-order valence-electron chi connectivity index (χ1n) is 9.51. The van der Waals surface area contributed by atoms with Crippen LogP contribution >= 0.6 is 0 Å². The Bertz CT molecular complexity index is 843. The van der Waals surface area contributed by atoms with Crippen molar-refractivity contribution in [3.63, 3.8) is 0 Å². The zero-order valence-corrected chi connectivity index (χ0v) is 15.5. The molecule has 2 fully saturated rings. The van der Waals surface area contributed by atoms with Gasteiger partial charge in [0.15, 0.2) is 0 Å². The standard InChI is InChI=1S/C22H24N2O3/c1-27-19-11-9-16(10-12-19)21(15-7-8-15)23-22(26)17-4-2-5-18(14-17)24-13-3-6-20(24)25/h2,4-5,9-12,14-15,21H,3,6-8,13H2,1H3,(H,23,26)/t21-/m0/s1. The van der Waals surface area contributed by atoms with Crippen LogP contribution in [0.4, 0.5) is 5.69 Å². The number of hydrogen-bond acceptors (Lipinski definition) is 3. The van der Waals surface area contributed by atoms with Gasteiger partial charge in [-0.1, -0.05) is 18.2 Å². The van der Waals surface area contributed by atoms with Gasteiger partial charge in [0.05, 0.1) is 13.2 Å². The van der Waals surface area contributed by atoms with E-state index in [1.165, 1.54) is 0 Å². The van der Waals surface area contributed by atoms with E-state index in [4.69, 9.17) is 4.74 Å². The van der Waals surface area contributed by atoms with Crippen molar-refractivity contribution >= 4 is 17.5 Å². The second-order valence-corrected chi connectivity index (χ2v) is 7.26. The smallest absolute Gasteiger partial charge is 0.251 e. The summed E-state index contributed by atoms with van der Waals surface area (Å²) in [7, 11) is 1.65. The van der Waals surface area contributed by atoms with Gasteiger partial charge in [0.2, 0.25) is 5.91 Å². The number of methoxy groups -OCH3 is 1. The van der Waals surface area contributed by atoms with Crippen LogP contribution in [0.3, 0.4) is 0 Å². The molecule has 2 aromatic carbocycles. The SMILES string of the molecule is COc1ccc([C@@H](NC(=O)c2cccc(N3CCCC3=O)c2)C2CC2)cc1. The predicted octanol–water partition coefficient (Wildman–Crippen LogP) is 3.70. The molecule has 1 saturated carbocycles. The molecule has 4 rings (SSSR count). The first kappa shape index (κ1) is 17.6. The normalized spacial score (nSPS) is 17.7. The molecule has 1 atom stereocenters. The summed E-state index contributed by atoms with van der Waals surface area (Å²) in [4.78, 5) is 26.6. The summed E-state index contributed by atoms with van der Waals surface area (Å²) in [6, 6.07) is 15.2. The number of nitrogens with zero attached hydrogens (tertiary/aromatic N) is 1. The van der Waals surface area contributed by atoms with Crippen LogP contribution in [0, 0.1) is 5.92 Å². The maximum atomic E-state index is 12.9. The first-order valence-corrected chi connectivity index (χ1v) is 9.51. The van der Waals surface area contributed by atoms with Gasteiger partial charge in [-0.15, -0.1) is 0 Å². The Morgan fingerprint density at radius 3 is 2.59 bits per heavy atom. The zero-order valence-electron chi connectivity index (χ0n) is 15.5. The molecule has 0 bridgehead atoms. The lowest BCUT2D eigenvalue weighted by Crippen LogP contribution is -2.30. The molecule has 2 aromatic rings. The van der Waals surface area contributed by atoms with Crippen LogP contribution < -0.4 is 15.0 Å². The summed E-state index contributed by atoms with van der Waals surface area (Å²) in [5, 5.41) is 3.19. The summed E-state index contributed by atoms with van der Waals surface area (Å²) in [6.07, 6.45) is 3.70. The fourth-order valence-electron chi connectivity index (χ4n) is 3.67. The third-order valence-electron chi connectivity index (χ3n) is 5.35. The van der Waals surface area contributed by atoms with Gasteiger partial charge in [0.25, 0.3) is 5.91 Å². The van der Waals surface area contributed by atoms with Gasteiger partial charge >= 0.3 is 0 Å². The van der Waals surface area contributed by atoms with Crippen molar-refractivity contribution in [3.8, 4) is 5.75 Å². The summed E-state index contributed by atoms with van der Waals surface area (Å²) >= 11 is 0. The third kappa shape index (κ3) is 3.82. The van der Waals surface area contributed by atoms with Crippen LogP contribution in [0.5, 0.6) is 5.75 Å². The van der Waals surface area contributed by atoms with E-state index in [2.05, 4.69) is 5.32 Å². The fraction of sp³-hybridized carbons (Fsp3) is 0.364. The van der Waals surface area contributed by atoms with E-state index in [0.29, 0.717) is 17.9 Å². The van der Waals surface area contributed by atoms with Crippen LogP contribution in [0.15, 0.2) is 48.5 Å². The predicted molar refractivity (Wildman–Crippen MR) is 104 cm³/mol. The second-order valence-electron chi connectivity index (χ2n) is 7.26. The Morgan fingerprint density at radius 2 is 1.96 bits per heavy atom. The van der Waals surface area contributed by atoms with E-state index >= 15 is 0 Å². The average molecular weight is 364 g/mol. The molecule has 5 heteroatoms. The Labute approximate surface area is 159 Å². The largest absolute Gasteiger partial charge is 0.497 e. The number of amides is 2. The molecular weight excluding hydrogens is 340 g/mol. The highest BCUT2D eigenvalue weighted by Gasteiger charge is 2.33. The molecule has 140 valence electrons. The van der Waals surface area contributed by atoms with Crippen molar-refractivity contribution in [3.05, 3.63) is 59.7 Å². The number of rotatable bonds is 6. The molecule has 0 aromatic heterocycles. The number of ether oxygens (including phenoxy) is 1. The molecular formula is C22H24N2O3. The molecule has 1 aliphatic carbocycles. The average Bonchev–Trinajstić information content (AvgIpc) is 3.46. The van der Waals surface area contributed by atoms with Gasteiger partial charge < -0.3 is 15.0 Å². The number of carbonyl (C=O) groups excluding carboxylic acids is 2. The minimum atomic E-state index is -0.101. The van der Waals surface area contributed by atoms with E-state index < -0.39 is 0 Å². The van der Waals surface area contributed by atoms with E-state index in [0.717, 1.165) is 42.8 Å². The number of carbonyl (C=O) groups is 2. The van der Waals surface area contributed by atoms with E-state index in [9.17, 15) is 9.59 Å². The summed E-state index contributed by atoms with van der Waals surface area (Å²) < 4.78 is 5.23. The van der Waals surface area contributed by atoms with Gasteiger partial charge in [-0.05, 0) is 61.1 Å². The van der Waals surface area contributed by atoms with Crippen molar-refractivity contribution in [1.82, 2.24) is 5.32 Å². The topological polar surface area (TPSA) is 58.6 Å². The van der Waals surface area contributed by atoms with E-state index in [1.807, 2.05) is 42.5 Å². The lowest BCUT2D eigenvalue weighted by atomic mass is 10.0. The molecule has 1 aliphatic heterocycles. The highest BCUT2D eigenvalue weighted by molar-refractivity contribution is 5.99. The molecule has 2 amide bonds. The molecule has 27 heavy (non-hydrogen) atoms. The van der Waals surface area contributed by atoms with Gasteiger partial charge in [0, 0.05) is 24.2 Å². The molecule has 0 unspecified atom stereocenters. The number of hydrogen-bond donors (Lipinski definition) is 1. The second kappa shape index (κ2) is 7.43. The molecule has 0 spiro atoms. The van der Waals surface area contributed by atoms with Crippen molar-refractivity contribution in [2.75, 3.05) is 18.6 Å². The fourth-order valence-corrected chi connectivity index (χ4v) is 3.67. The lowest BCUT2D eigenvalue weighted by Gasteiger charge is -2.20. The number of benzene rings is 2. The Kier molecular flexibility index (Phi) is 4.84. The zero-order chi connectivity index (χ0) is 18.8. The van der Waals surface area contributed by atoms with Gasteiger partial charge in [-0.2, -0.15) is 0 Å². The van der Waals surface area contributed by atoms with Crippen LogP contribution in [0.1, 0.15) is 47.6 Å². The third-order valence-corrected chi connectivity index (χ3v) is 5.35. The number of nitrogens with one attached hydrogen (secondary N) is 1. The van der Waals surface area contributed by atoms with E-state index in [1.54, 1.807) is 18.1 Å². The lowest BCUT2D eigenvalue weighted by molar-refractivity contribution is -0.117. The molecule has 2 aliphatic rings. The van der Waals surface area contributed by atoms with Crippen LogP contribution in [0.2, 0.25) is 0 Å². The minimum absolute atomic E-state index is 0.000445. The van der Waals surface area contributed by atoms with Crippen LogP contribution in [-0.2, 0) is 4.79 Å². The summed E-state index contributed by atoms with van der Waals surface area (Å²) in [5.74, 6) is 1.31.